The fraction of sp³-hybridized carbons (Fsp3) is 0.387. The average Bonchev–Trinajstić information content (AvgIpc) is 3.27. The number of pyridine rings is 1. The highest BCUT2D eigenvalue weighted by Gasteiger charge is 2.39. The van der Waals surface area contributed by atoms with Crippen molar-refractivity contribution in [3.05, 3.63) is 58.7 Å². The maximum atomic E-state index is 15.2. The molecule has 4 bridgehead atoms. The van der Waals surface area contributed by atoms with E-state index < -0.39 is 11.9 Å². The molecular formula is C31H31FN8O3. The number of carbonyl (C=O) groups excluding carboxylic acids is 2. The summed E-state index contributed by atoms with van der Waals surface area (Å²) in [5.74, 6) is -1.36. The molecule has 1 aromatic carbocycles. The molecule has 0 radical (unpaired) electrons. The zero-order chi connectivity index (χ0) is 29.6. The van der Waals surface area contributed by atoms with E-state index in [0.717, 1.165) is 30.3 Å². The summed E-state index contributed by atoms with van der Waals surface area (Å²) in [6, 6.07) is 7.14. The second-order valence-electron chi connectivity index (χ2n) is 12.2. The van der Waals surface area contributed by atoms with Gasteiger partial charge in [0.2, 0.25) is 11.9 Å². The molecule has 2 amide bonds. The predicted molar refractivity (Wildman–Crippen MR) is 158 cm³/mol. The van der Waals surface area contributed by atoms with Crippen LogP contribution in [-0.4, -0.2) is 53.3 Å². The van der Waals surface area contributed by atoms with E-state index >= 15 is 4.39 Å². The number of fused-ring (bicyclic) bond motifs is 5. The highest BCUT2D eigenvalue weighted by Crippen LogP contribution is 2.45. The van der Waals surface area contributed by atoms with Crippen molar-refractivity contribution in [3.63, 3.8) is 0 Å². The molecule has 3 N–H and O–H groups in total. The van der Waals surface area contributed by atoms with Crippen molar-refractivity contribution in [1.82, 2.24) is 39.5 Å². The van der Waals surface area contributed by atoms with Gasteiger partial charge in [0.25, 0.3) is 5.91 Å². The number of hydrogen-bond acceptors (Lipinski definition) is 5. The van der Waals surface area contributed by atoms with Gasteiger partial charge >= 0.3 is 5.69 Å². The van der Waals surface area contributed by atoms with Crippen molar-refractivity contribution in [2.24, 2.45) is 25.9 Å². The van der Waals surface area contributed by atoms with E-state index in [1.165, 1.54) is 4.68 Å². The normalized spacial score (nSPS) is 21.8. The van der Waals surface area contributed by atoms with Gasteiger partial charge in [0.1, 0.15) is 5.65 Å². The van der Waals surface area contributed by atoms with Crippen LogP contribution >= 0.6 is 0 Å². The lowest BCUT2D eigenvalue weighted by Crippen LogP contribution is -2.43. The molecule has 2 saturated carbocycles. The number of nitrogens with one attached hydrogen (secondary N) is 3. The van der Waals surface area contributed by atoms with E-state index in [0.29, 0.717) is 46.2 Å². The van der Waals surface area contributed by atoms with Gasteiger partial charge in [0, 0.05) is 50.0 Å². The summed E-state index contributed by atoms with van der Waals surface area (Å²) in [7, 11) is 3.40. The largest absolute Gasteiger partial charge is 0.353 e. The van der Waals surface area contributed by atoms with Gasteiger partial charge in [-0.05, 0) is 55.7 Å². The van der Waals surface area contributed by atoms with Crippen LogP contribution in [0.25, 0.3) is 44.5 Å². The van der Waals surface area contributed by atoms with E-state index in [4.69, 9.17) is 0 Å². The Morgan fingerprint density at radius 1 is 1.07 bits per heavy atom. The summed E-state index contributed by atoms with van der Waals surface area (Å²) >= 11 is 0. The van der Waals surface area contributed by atoms with Crippen LogP contribution in [-0.2, 0) is 18.9 Å². The number of carbonyl (C=O) groups is 2. The topological polar surface area (TPSA) is 132 Å². The smallest absolute Gasteiger partial charge is 0.329 e. The number of nitrogens with zero attached hydrogens (tertiary/aromatic N) is 5. The summed E-state index contributed by atoms with van der Waals surface area (Å²) < 4.78 is 20.0. The highest BCUT2D eigenvalue weighted by molar-refractivity contribution is 6.14. The van der Waals surface area contributed by atoms with Crippen LogP contribution < -0.4 is 16.3 Å². The molecule has 4 aromatic heterocycles. The van der Waals surface area contributed by atoms with Crippen molar-refractivity contribution in [2.45, 2.75) is 44.2 Å². The van der Waals surface area contributed by atoms with Crippen LogP contribution in [0.15, 0.2) is 41.5 Å². The summed E-state index contributed by atoms with van der Waals surface area (Å²) in [6.07, 6.45) is 7.32. The summed E-state index contributed by atoms with van der Waals surface area (Å²) in [6.45, 7) is 0.222. The number of aromatic amines is 1. The lowest BCUT2D eigenvalue weighted by Gasteiger charge is -2.24. The monoisotopic (exact) mass is 582 g/mol. The van der Waals surface area contributed by atoms with E-state index in [1.54, 1.807) is 43.2 Å². The first kappa shape index (κ1) is 25.9. The average molecular weight is 583 g/mol. The molecule has 4 aliphatic rings. The predicted octanol–water partition coefficient (Wildman–Crippen LogP) is 3.40. The lowest BCUT2D eigenvalue weighted by molar-refractivity contribution is -0.126. The third-order valence-electron chi connectivity index (χ3n) is 9.48. The Balaban J connectivity index is 1.40. The molecule has 6 heterocycles. The maximum absolute atomic E-state index is 15.2. The van der Waals surface area contributed by atoms with Crippen LogP contribution in [0.4, 0.5) is 4.39 Å². The minimum atomic E-state index is -0.631. The molecule has 5 aromatic rings. The van der Waals surface area contributed by atoms with Gasteiger partial charge in [-0.25, -0.2) is 9.78 Å². The van der Waals surface area contributed by atoms with Gasteiger partial charge in [0.15, 0.2) is 0 Å². The number of aryl methyl sites for hydroxylation is 2. The lowest BCUT2D eigenvalue weighted by atomic mass is 9.89. The third-order valence-corrected chi connectivity index (χ3v) is 9.48. The molecular weight excluding hydrogens is 551 g/mol. The number of halogens is 1. The SMILES string of the molecule is Cn1cc(-c2[nH]c3ncc4c5c3c2-c2ccc(cc2)C(=O)NCC(C(=O)NC2CC2)[C@@H]2CC[C@H](C2)n5c(=O)n4C)c(F)n1. The first-order valence-corrected chi connectivity index (χ1v) is 14.8. The molecule has 3 atom stereocenters. The Hall–Kier alpha value is -4.74. The zero-order valence-electron chi connectivity index (χ0n) is 23.9. The number of aromatic nitrogens is 6. The van der Waals surface area contributed by atoms with Crippen LogP contribution in [0.3, 0.4) is 0 Å². The van der Waals surface area contributed by atoms with Crippen LogP contribution in [0.2, 0.25) is 0 Å². The summed E-state index contributed by atoms with van der Waals surface area (Å²) in [4.78, 5) is 48.6. The Bertz CT molecular complexity index is 2010. The molecule has 220 valence electrons. The molecule has 2 fully saturated rings. The van der Waals surface area contributed by atoms with Gasteiger partial charge in [-0.15, -0.1) is 5.10 Å². The molecule has 0 saturated heterocycles. The van der Waals surface area contributed by atoms with Crippen LogP contribution in [0.5, 0.6) is 0 Å². The van der Waals surface area contributed by atoms with E-state index in [2.05, 4.69) is 25.7 Å². The van der Waals surface area contributed by atoms with Crippen LogP contribution in [0, 0.1) is 17.8 Å². The van der Waals surface area contributed by atoms with Crippen molar-refractivity contribution in [3.8, 4) is 22.4 Å². The molecule has 2 aliphatic carbocycles. The third kappa shape index (κ3) is 4.03. The van der Waals surface area contributed by atoms with Gasteiger partial charge in [-0.2, -0.15) is 4.39 Å². The number of benzene rings is 1. The second-order valence-corrected chi connectivity index (χ2v) is 12.2. The number of amides is 2. The van der Waals surface area contributed by atoms with Gasteiger partial charge in [-0.1, -0.05) is 12.1 Å². The minimum absolute atomic E-state index is 0.0128. The van der Waals surface area contributed by atoms with Crippen molar-refractivity contribution in [2.75, 3.05) is 6.54 Å². The standard InChI is InChI=1S/C31H31FN8O3/c1-38-14-21(27(32)37-38)25-23-15-3-5-16(6-4-15)29(41)34-12-20(30(42)35-18-8-9-18)17-7-10-19(11-17)40-26-22(39(2)31(40)43)13-33-28(36-25)24(23)26/h3-6,13-14,17-20H,7-12H2,1-2H3,(H,33,36)(H,34,41)(H,35,42)/t17-,19-,20?/m1/s1. The molecule has 11 nitrogen and oxygen atoms in total. The number of rotatable bonds is 3. The summed E-state index contributed by atoms with van der Waals surface area (Å²) in [5, 5.41) is 10.8. The zero-order valence-corrected chi connectivity index (χ0v) is 23.9. The Kier molecular flexibility index (Phi) is 5.66. The first-order chi connectivity index (χ1) is 20.8. The molecule has 2 aliphatic heterocycles. The molecule has 43 heavy (non-hydrogen) atoms. The first-order valence-electron chi connectivity index (χ1n) is 14.8. The Labute approximate surface area is 245 Å². The number of H-pyrrole nitrogens is 1. The fourth-order valence-corrected chi connectivity index (χ4v) is 7.13. The molecule has 12 heteroatoms. The molecule has 0 spiro atoms. The highest BCUT2D eigenvalue weighted by atomic mass is 19.1. The fourth-order valence-electron chi connectivity index (χ4n) is 7.13. The van der Waals surface area contributed by atoms with Gasteiger partial charge in [0.05, 0.1) is 39.8 Å². The minimum Gasteiger partial charge on any atom is -0.353 e. The molecule has 9 rings (SSSR count). The number of hydrogen-bond donors (Lipinski definition) is 3. The number of imidazole rings is 1. The van der Waals surface area contributed by atoms with Crippen molar-refractivity contribution in [1.29, 1.82) is 0 Å². The van der Waals surface area contributed by atoms with Crippen molar-refractivity contribution < 1.29 is 14.0 Å². The van der Waals surface area contributed by atoms with E-state index in [-0.39, 0.29) is 47.6 Å². The maximum Gasteiger partial charge on any atom is 0.329 e. The van der Waals surface area contributed by atoms with Gasteiger partial charge < -0.3 is 15.6 Å². The van der Waals surface area contributed by atoms with E-state index in [9.17, 15) is 14.4 Å². The van der Waals surface area contributed by atoms with Crippen molar-refractivity contribution >= 4 is 33.9 Å². The Morgan fingerprint density at radius 3 is 2.56 bits per heavy atom. The summed E-state index contributed by atoms with van der Waals surface area (Å²) in [5.41, 5.74) is 4.38. The van der Waals surface area contributed by atoms with Crippen LogP contribution in [0.1, 0.15) is 48.5 Å². The Morgan fingerprint density at radius 2 is 1.84 bits per heavy atom. The van der Waals surface area contributed by atoms with E-state index in [1.807, 2.05) is 16.7 Å². The van der Waals surface area contributed by atoms with Gasteiger partial charge in [-0.3, -0.25) is 23.4 Å². The quantitative estimate of drug-likeness (QED) is 0.300. The second kappa shape index (κ2) is 9.38. The molecule has 1 unspecified atom stereocenters.